The monoisotopic (exact) mass is 264 g/mol. The van der Waals surface area contributed by atoms with Crippen LogP contribution in [0.5, 0.6) is 5.88 Å². The second kappa shape index (κ2) is 6.70. The van der Waals surface area contributed by atoms with E-state index in [9.17, 15) is 0 Å². The molecule has 106 valence electrons. The minimum Gasteiger partial charge on any atom is -0.475 e. The summed E-state index contributed by atoms with van der Waals surface area (Å²) in [6, 6.07) is 1.79. The van der Waals surface area contributed by atoms with E-state index in [4.69, 9.17) is 4.74 Å². The molecule has 1 saturated heterocycles. The lowest BCUT2D eigenvalue weighted by Gasteiger charge is -2.14. The van der Waals surface area contributed by atoms with Crippen LogP contribution in [-0.4, -0.2) is 47.2 Å². The number of aromatic nitrogens is 2. The lowest BCUT2D eigenvalue weighted by molar-refractivity contribution is 0.232. The lowest BCUT2D eigenvalue weighted by atomic mass is 10.1. The fourth-order valence-electron chi connectivity index (χ4n) is 2.34. The Hall–Kier alpha value is -1.36. The van der Waals surface area contributed by atoms with Gasteiger partial charge in [0.25, 0.3) is 0 Å². The van der Waals surface area contributed by atoms with Crippen molar-refractivity contribution >= 4 is 5.95 Å². The molecule has 1 fully saturated rings. The fraction of sp³-hybridized carbons (Fsp3) is 0.714. The summed E-state index contributed by atoms with van der Waals surface area (Å²) in [4.78, 5) is 11.1. The summed E-state index contributed by atoms with van der Waals surface area (Å²) < 4.78 is 5.56. The fourth-order valence-corrected chi connectivity index (χ4v) is 2.34. The zero-order valence-corrected chi connectivity index (χ0v) is 12.1. The first-order valence-corrected chi connectivity index (χ1v) is 7.13. The largest absolute Gasteiger partial charge is 0.475 e. The van der Waals surface area contributed by atoms with E-state index in [0.717, 1.165) is 13.1 Å². The van der Waals surface area contributed by atoms with Crippen LogP contribution in [0.2, 0.25) is 0 Å². The molecular formula is C14H24N4O. The summed E-state index contributed by atoms with van der Waals surface area (Å²) in [7, 11) is 0. The Morgan fingerprint density at radius 1 is 1.53 bits per heavy atom. The summed E-state index contributed by atoms with van der Waals surface area (Å²) in [5.41, 5.74) is 0. The summed E-state index contributed by atoms with van der Waals surface area (Å²) in [5.74, 6) is 1.99. The van der Waals surface area contributed by atoms with E-state index in [-0.39, 0.29) is 6.10 Å². The van der Waals surface area contributed by atoms with E-state index >= 15 is 0 Å². The van der Waals surface area contributed by atoms with E-state index in [1.807, 2.05) is 13.8 Å². The van der Waals surface area contributed by atoms with Crippen LogP contribution in [-0.2, 0) is 0 Å². The molecule has 5 heteroatoms. The maximum Gasteiger partial charge on any atom is 0.225 e. The van der Waals surface area contributed by atoms with Gasteiger partial charge in [-0.3, -0.25) is 0 Å². The van der Waals surface area contributed by atoms with Crippen molar-refractivity contribution in [2.75, 3.05) is 31.5 Å². The van der Waals surface area contributed by atoms with Crippen molar-refractivity contribution in [2.45, 2.75) is 33.3 Å². The van der Waals surface area contributed by atoms with Crippen LogP contribution in [0.1, 0.15) is 27.2 Å². The Morgan fingerprint density at radius 2 is 2.37 bits per heavy atom. The van der Waals surface area contributed by atoms with Gasteiger partial charge < -0.3 is 15.0 Å². The first-order valence-electron chi connectivity index (χ1n) is 7.13. The van der Waals surface area contributed by atoms with Crippen molar-refractivity contribution < 1.29 is 4.74 Å². The van der Waals surface area contributed by atoms with Gasteiger partial charge in [0.1, 0.15) is 0 Å². The highest BCUT2D eigenvalue weighted by Crippen LogP contribution is 2.16. The molecule has 0 bridgehead atoms. The summed E-state index contributed by atoms with van der Waals surface area (Å²) in [6.45, 7) is 10.7. The van der Waals surface area contributed by atoms with Gasteiger partial charge in [-0.15, -0.1) is 0 Å². The molecule has 0 aliphatic carbocycles. The van der Waals surface area contributed by atoms with Gasteiger partial charge in [0.05, 0.1) is 6.10 Å². The standard InChI is InChI=1S/C14H24N4O/c1-4-18-8-6-12(10-18)9-16-14-15-7-5-13(17-14)19-11(2)3/h5,7,11-12H,4,6,8-10H2,1-3H3,(H,15,16,17). The van der Waals surface area contributed by atoms with Crippen molar-refractivity contribution in [3.63, 3.8) is 0 Å². The van der Waals surface area contributed by atoms with Crippen LogP contribution >= 0.6 is 0 Å². The van der Waals surface area contributed by atoms with E-state index in [1.54, 1.807) is 12.3 Å². The van der Waals surface area contributed by atoms with Crippen LogP contribution in [0.25, 0.3) is 0 Å². The van der Waals surface area contributed by atoms with E-state index in [1.165, 1.54) is 19.5 Å². The Balaban J connectivity index is 1.82. The number of anilines is 1. The highest BCUT2D eigenvalue weighted by molar-refractivity contribution is 5.27. The third kappa shape index (κ3) is 4.35. The Labute approximate surface area is 115 Å². The SMILES string of the molecule is CCN1CCC(CNc2nccc(OC(C)C)n2)C1. The molecule has 2 heterocycles. The third-order valence-corrected chi connectivity index (χ3v) is 3.35. The molecule has 0 saturated carbocycles. The zero-order valence-electron chi connectivity index (χ0n) is 12.1. The van der Waals surface area contributed by atoms with Crippen molar-refractivity contribution in [2.24, 2.45) is 5.92 Å². The summed E-state index contributed by atoms with van der Waals surface area (Å²) in [5, 5.41) is 3.32. The molecule has 0 aromatic carbocycles. The van der Waals surface area contributed by atoms with Crippen molar-refractivity contribution in [3.05, 3.63) is 12.3 Å². The molecule has 0 radical (unpaired) electrons. The lowest BCUT2D eigenvalue weighted by Crippen LogP contribution is -2.23. The van der Waals surface area contributed by atoms with Gasteiger partial charge in [0.15, 0.2) is 0 Å². The van der Waals surface area contributed by atoms with E-state index < -0.39 is 0 Å². The molecule has 1 aromatic heterocycles. The second-order valence-corrected chi connectivity index (χ2v) is 5.31. The van der Waals surface area contributed by atoms with Gasteiger partial charge in [0, 0.05) is 25.4 Å². The number of hydrogen-bond donors (Lipinski definition) is 1. The number of hydrogen-bond acceptors (Lipinski definition) is 5. The molecule has 1 aliphatic heterocycles. The minimum absolute atomic E-state index is 0.135. The van der Waals surface area contributed by atoms with Crippen molar-refractivity contribution in [1.29, 1.82) is 0 Å². The maximum absolute atomic E-state index is 5.56. The topological polar surface area (TPSA) is 50.3 Å². The Kier molecular flexibility index (Phi) is 4.96. The predicted octanol–water partition coefficient (Wildman–Crippen LogP) is 2.02. The zero-order chi connectivity index (χ0) is 13.7. The molecular weight excluding hydrogens is 240 g/mol. The molecule has 1 atom stereocenters. The van der Waals surface area contributed by atoms with Gasteiger partial charge in [-0.25, -0.2) is 4.98 Å². The van der Waals surface area contributed by atoms with Gasteiger partial charge in [-0.05, 0) is 39.3 Å². The number of nitrogens with one attached hydrogen (secondary N) is 1. The molecule has 5 nitrogen and oxygen atoms in total. The highest BCUT2D eigenvalue weighted by Gasteiger charge is 2.20. The summed E-state index contributed by atoms with van der Waals surface area (Å²) >= 11 is 0. The molecule has 19 heavy (non-hydrogen) atoms. The van der Waals surface area contributed by atoms with Gasteiger partial charge in [-0.1, -0.05) is 6.92 Å². The van der Waals surface area contributed by atoms with Crippen molar-refractivity contribution in [1.82, 2.24) is 14.9 Å². The van der Waals surface area contributed by atoms with E-state index in [0.29, 0.717) is 17.7 Å². The average molecular weight is 264 g/mol. The number of likely N-dealkylation sites (tertiary alicyclic amines) is 1. The molecule has 0 amide bonds. The first kappa shape index (κ1) is 14.1. The first-order chi connectivity index (χ1) is 9.17. The second-order valence-electron chi connectivity index (χ2n) is 5.31. The number of ether oxygens (including phenoxy) is 1. The third-order valence-electron chi connectivity index (χ3n) is 3.35. The minimum atomic E-state index is 0.135. The molecule has 1 N–H and O–H groups in total. The molecule has 0 spiro atoms. The normalized spacial score (nSPS) is 19.9. The average Bonchev–Trinajstić information content (AvgIpc) is 2.84. The number of nitrogens with zero attached hydrogens (tertiary/aromatic N) is 3. The maximum atomic E-state index is 5.56. The van der Waals surface area contributed by atoms with Gasteiger partial charge in [-0.2, -0.15) is 4.98 Å². The molecule has 1 aromatic rings. The predicted molar refractivity (Wildman–Crippen MR) is 76.5 cm³/mol. The van der Waals surface area contributed by atoms with Gasteiger partial charge in [0.2, 0.25) is 11.8 Å². The highest BCUT2D eigenvalue weighted by atomic mass is 16.5. The molecule has 1 unspecified atom stereocenters. The Bertz CT molecular complexity index is 397. The van der Waals surface area contributed by atoms with Crippen LogP contribution < -0.4 is 10.1 Å². The van der Waals surface area contributed by atoms with Crippen LogP contribution in [0.3, 0.4) is 0 Å². The van der Waals surface area contributed by atoms with E-state index in [2.05, 4.69) is 27.1 Å². The Morgan fingerprint density at radius 3 is 3.05 bits per heavy atom. The number of rotatable bonds is 6. The smallest absolute Gasteiger partial charge is 0.225 e. The molecule has 2 rings (SSSR count). The summed E-state index contributed by atoms with van der Waals surface area (Å²) in [6.07, 6.45) is 3.12. The van der Waals surface area contributed by atoms with Gasteiger partial charge >= 0.3 is 0 Å². The van der Waals surface area contributed by atoms with Crippen LogP contribution in [0.15, 0.2) is 12.3 Å². The van der Waals surface area contributed by atoms with Crippen LogP contribution in [0, 0.1) is 5.92 Å². The molecule has 1 aliphatic rings. The van der Waals surface area contributed by atoms with Crippen LogP contribution in [0.4, 0.5) is 5.95 Å². The van der Waals surface area contributed by atoms with Crippen molar-refractivity contribution in [3.8, 4) is 5.88 Å². The quantitative estimate of drug-likeness (QED) is 0.852.